The Morgan fingerprint density at radius 1 is 1.10 bits per heavy atom. The number of aliphatic imine (C=N–C) groups is 1. The standard InChI is InChI=1S/C21H25F7N2S/c1-12-7-16(22)17(9-18(12)31-11-20(23,24)25)30-19(14-5-6-14)29-10-13-3-2-4-15(8-13)21(26,27)28/h7,9,13-15H,2-6,8,10-11H2,1H3,(H,29,30). The number of nitrogens with one attached hydrogen (secondary N) is 1. The lowest BCUT2D eigenvalue weighted by molar-refractivity contribution is -0.185. The monoisotopic (exact) mass is 470 g/mol. The normalized spacial score (nSPS) is 23.2. The fraction of sp³-hybridized carbons (Fsp3) is 0.667. The summed E-state index contributed by atoms with van der Waals surface area (Å²) in [5, 5.41) is 3.12. The van der Waals surface area contributed by atoms with Crippen molar-refractivity contribution >= 4 is 23.3 Å². The number of rotatable bonds is 6. The smallest absolute Gasteiger partial charge is 0.373 e. The van der Waals surface area contributed by atoms with Gasteiger partial charge in [0.2, 0.25) is 0 Å². The Bertz CT molecular complexity index is 800. The molecule has 31 heavy (non-hydrogen) atoms. The van der Waals surface area contributed by atoms with Crippen LogP contribution in [0.3, 0.4) is 0 Å². The molecule has 2 nitrogen and oxygen atoms in total. The molecule has 2 aliphatic carbocycles. The molecule has 10 heteroatoms. The number of amidine groups is 1. The second-order valence-corrected chi connectivity index (χ2v) is 9.41. The molecule has 1 aromatic carbocycles. The lowest BCUT2D eigenvalue weighted by Crippen LogP contribution is -2.36. The molecule has 2 fully saturated rings. The second-order valence-electron chi connectivity index (χ2n) is 8.40. The Morgan fingerprint density at radius 2 is 1.81 bits per heavy atom. The van der Waals surface area contributed by atoms with Gasteiger partial charge < -0.3 is 5.32 Å². The summed E-state index contributed by atoms with van der Waals surface area (Å²) < 4.78 is 91.2. The molecular weight excluding hydrogens is 445 g/mol. The zero-order valence-corrected chi connectivity index (χ0v) is 17.9. The van der Waals surface area contributed by atoms with Crippen LogP contribution < -0.4 is 5.32 Å². The quantitative estimate of drug-likeness (QED) is 0.206. The maximum atomic E-state index is 14.4. The summed E-state index contributed by atoms with van der Waals surface area (Å²) in [7, 11) is 0. The van der Waals surface area contributed by atoms with E-state index in [0.717, 1.165) is 18.9 Å². The van der Waals surface area contributed by atoms with E-state index in [1.165, 1.54) is 13.0 Å². The van der Waals surface area contributed by atoms with Crippen LogP contribution in [0, 0.1) is 30.5 Å². The van der Waals surface area contributed by atoms with E-state index in [4.69, 9.17) is 0 Å². The molecule has 0 aromatic heterocycles. The van der Waals surface area contributed by atoms with Gasteiger partial charge in [-0.3, -0.25) is 0 Å². The van der Waals surface area contributed by atoms with E-state index in [9.17, 15) is 30.7 Å². The lowest BCUT2D eigenvalue weighted by atomic mass is 9.81. The van der Waals surface area contributed by atoms with Gasteiger partial charge in [-0.25, -0.2) is 9.38 Å². The van der Waals surface area contributed by atoms with Crippen LogP contribution in [0.15, 0.2) is 22.0 Å². The first kappa shape index (κ1) is 24.2. The van der Waals surface area contributed by atoms with Crippen LogP contribution in [0.4, 0.5) is 36.4 Å². The van der Waals surface area contributed by atoms with Gasteiger partial charge >= 0.3 is 12.4 Å². The highest BCUT2D eigenvalue weighted by Gasteiger charge is 2.42. The maximum Gasteiger partial charge on any atom is 0.398 e. The van der Waals surface area contributed by atoms with Crippen LogP contribution in [0.25, 0.3) is 0 Å². The van der Waals surface area contributed by atoms with Gasteiger partial charge in [0.1, 0.15) is 17.3 Å². The average Bonchev–Trinajstić information content (AvgIpc) is 3.50. The van der Waals surface area contributed by atoms with E-state index >= 15 is 0 Å². The Balaban J connectivity index is 1.71. The number of aryl methyl sites for hydroxylation is 1. The SMILES string of the molecule is Cc1cc(F)c(/N=C(\NCC2CCCC(C(F)(F)F)C2)C2CC2)cc1SCC(F)(F)F. The molecule has 2 atom stereocenters. The Hall–Kier alpha value is -1.45. The van der Waals surface area contributed by atoms with Gasteiger partial charge in [-0.05, 0) is 62.6 Å². The third kappa shape index (κ3) is 7.29. The highest BCUT2D eigenvalue weighted by molar-refractivity contribution is 7.99. The predicted molar refractivity (Wildman–Crippen MR) is 107 cm³/mol. The fourth-order valence-electron chi connectivity index (χ4n) is 3.83. The van der Waals surface area contributed by atoms with E-state index in [1.54, 1.807) is 0 Å². The molecule has 2 aliphatic rings. The number of hydrogen-bond acceptors (Lipinski definition) is 2. The zero-order chi connectivity index (χ0) is 22.8. The molecular formula is C21H25F7N2S. The number of nitrogens with zero attached hydrogens (tertiary/aromatic N) is 1. The van der Waals surface area contributed by atoms with Crippen LogP contribution in [0.2, 0.25) is 0 Å². The number of halogens is 7. The minimum absolute atomic E-state index is 0.0542. The summed E-state index contributed by atoms with van der Waals surface area (Å²) in [6.45, 7) is 1.86. The van der Waals surface area contributed by atoms with E-state index in [0.29, 0.717) is 47.4 Å². The van der Waals surface area contributed by atoms with Crippen molar-refractivity contribution in [2.75, 3.05) is 12.3 Å². The van der Waals surface area contributed by atoms with Crippen molar-refractivity contribution < 1.29 is 30.7 Å². The molecule has 2 saturated carbocycles. The topological polar surface area (TPSA) is 24.4 Å². The van der Waals surface area contributed by atoms with Crippen LogP contribution in [-0.4, -0.2) is 30.5 Å². The Kier molecular flexibility index (Phi) is 7.48. The molecule has 2 unspecified atom stereocenters. The first-order valence-corrected chi connectivity index (χ1v) is 11.3. The average molecular weight is 470 g/mol. The number of alkyl halides is 6. The van der Waals surface area contributed by atoms with Crippen molar-refractivity contribution in [3.8, 4) is 0 Å². The largest absolute Gasteiger partial charge is 0.398 e. The van der Waals surface area contributed by atoms with Gasteiger partial charge in [-0.2, -0.15) is 26.3 Å². The molecule has 1 aromatic rings. The summed E-state index contributed by atoms with van der Waals surface area (Å²) in [5.74, 6) is -2.58. The van der Waals surface area contributed by atoms with Crippen molar-refractivity contribution in [2.45, 2.75) is 62.7 Å². The van der Waals surface area contributed by atoms with Crippen LogP contribution in [0.5, 0.6) is 0 Å². The molecule has 0 saturated heterocycles. The van der Waals surface area contributed by atoms with Crippen molar-refractivity contribution in [1.82, 2.24) is 5.32 Å². The van der Waals surface area contributed by atoms with E-state index < -0.39 is 29.8 Å². The van der Waals surface area contributed by atoms with Gasteiger partial charge in [-0.1, -0.05) is 6.42 Å². The second kappa shape index (κ2) is 9.58. The Labute approximate surface area is 181 Å². The summed E-state index contributed by atoms with van der Waals surface area (Å²) in [6.07, 6.45) is -5.45. The molecule has 0 bridgehead atoms. The summed E-state index contributed by atoms with van der Waals surface area (Å²) in [5.41, 5.74) is 0.341. The van der Waals surface area contributed by atoms with Crippen molar-refractivity contribution in [2.24, 2.45) is 22.7 Å². The van der Waals surface area contributed by atoms with Crippen LogP contribution >= 0.6 is 11.8 Å². The molecule has 0 amide bonds. The first-order chi connectivity index (χ1) is 14.4. The number of thioether (sulfide) groups is 1. The van der Waals surface area contributed by atoms with Crippen molar-refractivity contribution in [1.29, 1.82) is 0 Å². The molecule has 1 N–H and O–H groups in total. The molecule has 0 aliphatic heterocycles. The molecule has 0 heterocycles. The van der Waals surface area contributed by atoms with E-state index in [2.05, 4.69) is 10.3 Å². The summed E-state index contributed by atoms with van der Waals surface area (Å²) in [6, 6.07) is 2.47. The van der Waals surface area contributed by atoms with Gasteiger partial charge in [0.25, 0.3) is 0 Å². The molecule has 174 valence electrons. The molecule has 0 radical (unpaired) electrons. The molecule has 0 spiro atoms. The summed E-state index contributed by atoms with van der Waals surface area (Å²) in [4.78, 5) is 4.63. The minimum atomic E-state index is -4.34. The predicted octanol–water partition coefficient (Wildman–Crippen LogP) is 7.19. The number of benzene rings is 1. The van der Waals surface area contributed by atoms with Crippen molar-refractivity contribution in [3.63, 3.8) is 0 Å². The van der Waals surface area contributed by atoms with Gasteiger partial charge in [-0.15, -0.1) is 11.8 Å². The third-order valence-corrected chi connectivity index (χ3v) is 6.88. The van der Waals surface area contributed by atoms with Gasteiger partial charge in [0.05, 0.1) is 11.7 Å². The number of hydrogen-bond donors (Lipinski definition) is 1. The Morgan fingerprint density at radius 3 is 2.42 bits per heavy atom. The van der Waals surface area contributed by atoms with Crippen LogP contribution in [0.1, 0.15) is 44.1 Å². The van der Waals surface area contributed by atoms with Gasteiger partial charge in [0, 0.05) is 17.4 Å². The van der Waals surface area contributed by atoms with Gasteiger partial charge in [0.15, 0.2) is 0 Å². The van der Waals surface area contributed by atoms with Crippen LogP contribution in [-0.2, 0) is 0 Å². The van der Waals surface area contributed by atoms with E-state index in [-0.39, 0.29) is 30.4 Å². The first-order valence-electron chi connectivity index (χ1n) is 10.3. The molecule has 3 rings (SSSR count). The minimum Gasteiger partial charge on any atom is -0.373 e. The summed E-state index contributed by atoms with van der Waals surface area (Å²) >= 11 is 0.579. The third-order valence-electron chi connectivity index (χ3n) is 5.66. The zero-order valence-electron chi connectivity index (χ0n) is 17.0. The maximum absolute atomic E-state index is 14.4. The lowest BCUT2D eigenvalue weighted by Gasteiger charge is -2.31. The van der Waals surface area contributed by atoms with Crippen molar-refractivity contribution in [3.05, 3.63) is 23.5 Å². The van der Waals surface area contributed by atoms with E-state index in [1.807, 2.05) is 0 Å². The highest BCUT2D eigenvalue weighted by atomic mass is 32.2. The highest BCUT2D eigenvalue weighted by Crippen LogP contribution is 2.40. The fourth-order valence-corrected chi connectivity index (χ4v) is 4.63.